The summed E-state index contributed by atoms with van der Waals surface area (Å²) in [7, 11) is 1.54. The predicted molar refractivity (Wildman–Crippen MR) is 61.1 cm³/mol. The Labute approximate surface area is 90.9 Å². The van der Waals surface area contributed by atoms with Crippen LogP contribution in [0, 0.1) is 0 Å². The third-order valence-corrected chi connectivity index (χ3v) is 2.50. The van der Waals surface area contributed by atoms with Gasteiger partial charge in [0.1, 0.15) is 0 Å². The standard InChI is InChI=1S/C12H19NO2/c1-3-4-5-10(13)9-6-7-11(14)12(8-9)15-2/h6-8,10,14H,3-5,13H2,1-2H3/t10-/m0/s1. The van der Waals surface area contributed by atoms with Gasteiger partial charge in [0.05, 0.1) is 7.11 Å². The highest BCUT2D eigenvalue weighted by Gasteiger charge is 2.08. The summed E-state index contributed by atoms with van der Waals surface area (Å²) < 4.78 is 5.03. The molecule has 1 aromatic rings. The molecule has 0 aromatic heterocycles. The topological polar surface area (TPSA) is 55.5 Å². The second-order valence-corrected chi connectivity index (χ2v) is 3.68. The number of ether oxygens (including phenoxy) is 1. The van der Waals surface area contributed by atoms with E-state index in [1.54, 1.807) is 12.1 Å². The molecule has 0 saturated heterocycles. The molecule has 0 spiro atoms. The minimum absolute atomic E-state index is 0.0273. The number of phenols is 1. The van der Waals surface area contributed by atoms with Crippen molar-refractivity contribution in [1.29, 1.82) is 0 Å². The molecular formula is C12H19NO2. The highest BCUT2D eigenvalue weighted by Crippen LogP contribution is 2.29. The Morgan fingerprint density at radius 1 is 1.47 bits per heavy atom. The summed E-state index contributed by atoms with van der Waals surface area (Å²) in [5, 5.41) is 9.43. The van der Waals surface area contributed by atoms with Crippen LogP contribution in [0.4, 0.5) is 0 Å². The Morgan fingerprint density at radius 2 is 2.20 bits per heavy atom. The van der Waals surface area contributed by atoms with Crippen LogP contribution in [0.5, 0.6) is 11.5 Å². The zero-order valence-corrected chi connectivity index (χ0v) is 9.36. The number of rotatable bonds is 5. The lowest BCUT2D eigenvalue weighted by Gasteiger charge is -2.13. The van der Waals surface area contributed by atoms with Crippen LogP contribution in [0.3, 0.4) is 0 Å². The van der Waals surface area contributed by atoms with E-state index in [1.165, 1.54) is 7.11 Å². The fourth-order valence-corrected chi connectivity index (χ4v) is 1.52. The van der Waals surface area contributed by atoms with Gasteiger partial charge in [0.15, 0.2) is 11.5 Å². The molecule has 0 aliphatic heterocycles. The van der Waals surface area contributed by atoms with Crippen molar-refractivity contribution in [2.45, 2.75) is 32.2 Å². The van der Waals surface area contributed by atoms with Crippen molar-refractivity contribution in [3.8, 4) is 11.5 Å². The molecule has 0 aliphatic carbocycles. The average Bonchev–Trinajstić information content (AvgIpc) is 2.26. The van der Waals surface area contributed by atoms with Gasteiger partial charge in [-0.3, -0.25) is 0 Å². The summed E-state index contributed by atoms with van der Waals surface area (Å²) in [6.07, 6.45) is 3.22. The van der Waals surface area contributed by atoms with Crippen molar-refractivity contribution in [1.82, 2.24) is 0 Å². The highest BCUT2D eigenvalue weighted by atomic mass is 16.5. The van der Waals surface area contributed by atoms with E-state index in [-0.39, 0.29) is 11.8 Å². The minimum atomic E-state index is 0.0273. The number of unbranched alkanes of at least 4 members (excludes halogenated alkanes) is 1. The first kappa shape index (κ1) is 11.9. The van der Waals surface area contributed by atoms with E-state index in [0.29, 0.717) is 5.75 Å². The van der Waals surface area contributed by atoms with Crippen LogP contribution in [0.2, 0.25) is 0 Å². The Bertz CT molecular complexity index is 312. The maximum atomic E-state index is 9.43. The molecule has 0 amide bonds. The second kappa shape index (κ2) is 5.61. The monoisotopic (exact) mass is 209 g/mol. The molecule has 3 heteroatoms. The van der Waals surface area contributed by atoms with Gasteiger partial charge in [-0.2, -0.15) is 0 Å². The third-order valence-electron chi connectivity index (χ3n) is 2.50. The van der Waals surface area contributed by atoms with E-state index in [2.05, 4.69) is 6.92 Å². The molecule has 1 aromatic carbocycles. The van der Waals surface area contributed by atoms with Crippen LogP contribution >= 0.6 is 0 Å². The van der Waals surface area contributed by atoms with Gasteiger partial charge in [-0.25, -0.2) is 0 Å². The SMILES string of the molecule is CCCC[C@H](N)c1ccc(O)c(OC)c1. The summed E-state index contributed by atoms with van der Waals surface area (Å²) in [4.78, 5) is 0. The number of hydrogen-bond acceptors (Lipinski definition) is 3. The van der Waals surface area contributed by atoms with Gasteiger partial charge in [-0.15, -0.1) is 0 Å². The number of hydrogen-bond donors (Lipinski definition) is 2. The van der Waals surface area contributed by atoms with Gasteiger partial charge in [0, 0.05) is 6.04 Å². The lowest BCUT2D eigenvalue weighted by atomic mass is 10.0. The molecule has 0 saturated carbocycles. The highest BCUT2D eigenvalue weighted by molar-refractivity contribution is 5.42. The number of methoxy groups -OCH3 is 1. The molecule has 0 fully saturated rings. The summed E-state index contributed by atoms with van der Waals surface area (Å²) in [6.45, 7) is 2.14. The molecule has 1 atom stereocenters. The molecule has 0 radical (unpaired) electrons. The van der Waals surface area contributed by atoms with Crippen molar-refractivity contribution < 1.29 is 9.84 Å². The molecule has 3 N–H and O–H groups in total. The predicted octanol–water partition coefficient (Wildman–Crippen LogP) is 2.59. The lowest BCUT2D eigenvalue weighted by molar-refractivity contribution is 0.372. The van der Waals surface area contributed by atoms with Crippen LogP contribution < -0.4 is 10.5 Å². The van der Waals surface area contributed by atoms with E-state index in [1.807, 2.05) is 6.07 Å². The van der Waals surface area contributed by atoms with Gasteiger partial charge in [-0.1, -0.05) is 25.8 Å². The summed E-state index contributed by atoms with van der Waals surface area (Å²) in [6, 6.07) is 5.30. The Morgan fingerprint density at radius 3 is 2.80 bits per heavy atom. The molecule has 3 nitrogen and oxygen atoms in total. The summed E-state index contributed by atoms with van der Waals surface area (Å²) in [5.74, 6) is 0.642. The summed E-state index contributed by atoms with van der Waals surface area (Å²) in [5.41, 5.74) is 7.03. The lowest BCUT2D eigenvalue weighted by Crippen LogP contribution is -2.09. The van der Waals surface area contributed by atoms with Gasteiger partial charge in [0.25, 0.3) is 0 Å². The van der Waals surface area contributed by atoms with E-state index in [4.69, 9.17) is 10.5 Å². The van der Waals surface area contributed by atoms with Crippen LogP contribution in [0.1, 0.15) is 37.8 Å². The first-order valence-corrected chi connectivity index (χ1v) is 5.31. The largest absolute Gasteiger partial charge is 0.504 e. The molecule has 1 rings (SSSR count). The molecule has 0 bridgehead atoms. The minimum Gasteiger partial charge on any atom is -0.504 e. The van der Waals surface area contributed by atoms with Gasteiger partial charge in [-0.05, 0) is 24.1 Å². The fourth-order valence-electron chi connectivity index (χ4n) is 1.52. The third kappa shape index (κ3) is 3.13. The number of nitrogens with two attached hydrogens (primary N) is 1. The molecule has 0 heterocycles. The van der Waals surface area contributed by atoms with E-state index < -0.39 is 0 Å². The van der Waals surface area contributed by atoms with E-state index in [0.717, 1.165) is 24.8 Å². The van der Waals surface area contributed by atoms with Gasteiger partial charge in [0.2, 0.25) is 0 Å². The van der Waals surface area contributed by atoms with Crippen LogP contribution in [-0.4, -0.2) is 12.2 Å². The van der Waals surface area contributed by atoms with Crippen LogP contribution in [0.15, 0.2) is 18.2 Å². The maximum absolute atomic E-state index is 9.43. The average molecular weight is 209 g/mol. The van der Waals surface area contributed by atoms with Crippen LogP contribution in [-0.2, 0) is 0 Å². The van der Waals surface area contributed by atoms with Crippen molar-refractivity contribution >= 4 is 0 Å². The Balaban J connectivity index is 2.76. The first-order valence-electron chi connectivity index (χ1n) is 5.31. The number of aromatic hydroxyl groups is 1. The zero-order valence-electron chi connectivity index (χ0n) is 9.36. The van der Waals surface area contributed by atoms with Gasteiger partial charge < -0.3 is 15.6 Å². The normalized spacial score (nSPS) is 12.5. The number of benzene rings is 1. The van der Waals surface area contributed by atoms with Crippen molar-refractivity contribution in [2.75, 3.05) is 7.11 Å². The van der Waals surface area contributed by atoms with E-state index >= 15 is 0 Å². The maximum Gasteiger partial charge on any atom is 0.160 e. The van der Waals surface area contributed by atoms with Crippen molar-refractivity contribution in [3.05, 3.63) is 23.8 Å². The zero-order chi connectivity index (χ0) is 11.3. The molecular weight excluding hydrogens is 190 g/mol. The van der Waals surface area contributed by atoms with Crippen molar-refractivity contribution in [2.24, 2.45) is 5.73 Å². The fraction of sp³-hybridized carbons (Fsp3) is 0.500. The number of phenolic OH excluding ortho intramolecular Hbond substituents is 1. The molecule has 15 heavy (non-hydrogen) atoms. The smallest absolute Gasteiger partial charge is 0.160 e. The summed E-state index contributed by atoms with van der Waals surface area (Å²) >= 11 is 0. The van der Waals surface area contributed by atoms with Crippen molar-refractivity contribution in [3.63, 3.8) is 0 Å². The van der Waals surface area contributed by atoms with Crippen LogP contribution in [0.25, 0.3) is 0 Å². The molecule has 0 aliphatic rings. The van der Waals surface area contributed by atoms with E-state index in [9.17, 15) is 5.11 Å². The quantitative estimate of drug-likeness (QED) is 0.783. The van der Waals surface area contributed by atoms with Gasteiger partial charge >= 0.3 is 0 Å². The second-order valence-electron chi connectivity index (χ2n) is 3.68. The molecule has 84 valence electrons. The molecule has 0 unspecified atom stereocenters. The first-order chi connectivity index (χ1) is 7.19. The Hall–Kier alpha value is -1.22. The Kier molecular flexibility index (Phi) is 4.43.